The van der Waals surface area contributed by atoms with Gasteiger partial charge >= 0.3 is 0 Å². The van der Waals surface area contributed by atoms with E-state index in [1.807, 2.05) is 0 Å². The van der Waals surface area contributed by atoms with Crippen molar-refractivity contribution in [1.82, 2.24) is 5.32 Å². The minimum Gasteiger partial charge on any atom is -0.325 e. The molecule has 0 atom stereocenters. The van der Waals surface area contributed by atoms with Crippen LogP contribution in [0.2, 0.25) is 0 Å². The lowest BCUT2D eigenvalue weighted by Crippen LogP contribution is -2.29. The summed E-state index contributed by atoms with van der Waals surface area (Å²) in [4.78, 5) is 11.6. The molecule has 0 saturated carbocycles. The van der Waals surface area contributed by atoms with Crippen LogP contribution in [0.5, 0.6) is 0 Å². The Morgan fingerprint density at radius 3 is 2.10 bits per heavy atom. The SMILES string of the molecule is O=C(CNCCc1ccc(F)cc1)Nc1ccc(F)cc1. The molecule has 2 aromatic rings. The number of benzene rings is 2. The molecule has 0 aromatic heterocycles. The van der Waals surface area contributed by atoms with Crippen molar-refractivity contribution < 1.29 is 13.6 Å². The molecular formula is C16H16F2N2O. The van der Waals surface area contributed by atoms with E-state index in [-0.39, 0.29) is 24.1 Å². The van der Waals surface area contributed by atoms with Gasteiger partial charge in [-0.1, -0.05) is 12.1 Å². The Bertz CT molecular complexity index is 582. The van der Waals surface area contributed by atoms with Crippen LogP contribution in [-0.2, 0) is 11.2 Å². The maximum Gasteiger partial charge on any atom is 0.238 e. The van der Waals surface area contributed by atoms with Gasteiger partial charge in [-0.3, -0.25) is 4.79 Å². The van der Waals surface area contributed by atoms with Crippen LogP contribution in [0, 0.1) is 11.6 Å². The van der Waals surface area contributed by atoms with Crippen molar-refractivity contribution in [2.24, 2.45) is 0 Å². The van der Waals surface area contributed by atoms with Crippen molar-refractivity contribution in [2.75, 3.05) is 18.4 Å². The number of hydrogen-bond acceptors (Lipinski definition) is 2. The highest BCUT2D eigenvalue weighted by atomic mass is 19.1. The van der Waals surface area contributed by atoms with Crippen LogP contribution in [0.1, 0.15) is 5.56 Å². The minimum atomic E-state index is -0.342. The molecule has 21 heavy (non-hydrogen) atoms. The first-order valence-electron chi connectivity index (χ1n) is 6.64. The van der Waals surface area contributed by atoms with Gasteiger partial charge in [-0.25, -0.2) is 8.78 Å². The molecule has 0 fully saturated rings. The van der Waals surface area contributed by atoms with E-state index in [2.05, 4.69) is 10.6 Å². The van der Waals surface area contributed by atoms with Gasteiger partial charge in [0.05, 0.1) is 6.54 Å². The normalized spacial score (nSPS) is 10.4. The van der Waals surface area contributed by atoms with Crippen LogP contribution >= 0.6 is 0 Å². The highest BCUT2D eigenvalue weighted by Crippen LogP contribution is 2.07. The van der Waals surface area contributed by atoms with E-state index in [1.165, 1.54) is 36.4 Å². The first-order chi connectivity index (χ1) is 10.1. The monoisotopic (exact) mass is 290 g/mol. The Morgan fingerprint density at radius 1 is 0.905 bits per heavy atom. The zero-order valence-electron chi connectivity index (χ0n) is 11.4. The lowest BCUT2D eigenvalue weighted by atomic mass is 10.1. The zero-order chi connectivity index (χ0) is 15.1. The van der Waals surface area contributed by atoms with Crippen LogP contribution in [0.4, 0.5) is 14.5 Å². The Labute approximate surface area is 122 Å². The van der Waals surface area contributed by atoms with Gasteiger partial charge in [-0.05, 0) is 54.9 Å². The fourth-order valence-electron chi connectivity index (χ4n) is 1.82. The smallest absolute Gasteiger partial charge is 0.238 e. The van der Waals surface area contributed by atoms with Crippen molar-refractivity contribution in [1.29, 1.82) is 0 Å². The van der Waals surface area contributed by atoms with Gasteiger partial charge < -0.3 is 10.6 Å². The Hall–Kier alpha value is -2.27. The molecule has 2 N–H and O–H groups in total. The lowest BCUT2D eigenvalue weighted by Gasteiger charge is -2.07. The van der Waals surface area contributed by atoms with Crippen molar-refractivity contribution in [3.05, 3.63) is 65.7 Å². The van der Waals surface area contributed by atoms with Crippen LogP contribution in [-0.4, -0.2) is 19.0 Å². The van der Waals surface area contributed by atoms with Crippen LogP contribution in [0.25, 0.3) is 0 Å². The lowest BCUT2D eigenvalue weighted by molar-refractivity contribution is -0.115. The quantitative estimate of drug-likeness (QED) is 0.803. The van der Waals surface area contributed by atoms with Gasteiger partial charge in [0.15, 0.2) is 0 Å². The number of nitrogens with one attached hydrogen (secondary N) is 2. The largest absolute Gasteiger partial charge is 0.325 e. The summed E-state index contributed by atoms with van der Waals surface area (Å²) in [5.74, 6) is -0.795. The van der Waals surface area contributed by atoms with Crippen molar-refractivity contribution in [2.45, 2.75) is 6.42 Å². The summed E-state index contributed by atoms with van der Waals surface area (Å²) in [5.41, 5.74) is 1.56. The summed E-state index contributed by atoms with van der Waals surface area (Å²) >= 11 is 0. The predicted molar refractivity (Wildman–Crippen MR) is 78.0 cm³/mol. The van der Waals surface area contributed by atoms with E-state index < -0.39 is 0 Å². The number of anilines is 1. The summed E-state index contributed by atoms with van der Waals surface area (Å²) in [6.07, 6.45) is 0.712. The fourth-order valence-corrected chi connectivity index (χ4v) is 1.82. The number of halogens is 2. The number of amides is 1. The molecular weight excluding hydrogens is 274 g/mol. The van der Waals surface area contributed by atoms with Crippen molar-refractivity contribution in [3.8, 4) is 0 Å². The van der Waals surface area contributed by atoms with E-state index in [0.29, 0.717) is 18.7 Å². The Balaban J connectivity index is 1.67. The number of carbonyl (C=O) groups is 1. The summed E-state index contributed by atoms with van der Waals surface area (Å²) in [6.45, 7) is 0.779. The molecule has 0 spiro atoms. The zero-order valence-corrected chi connectivity index (χ0v) is 11.4. The van der Waals surface area contributed by atoms with E-state index in [1.54, 1.807) is 12.1 Å². The van der Waals surface area contributed by atoms with E-state index in [0.717, 1.165) is 5.56 Å². The highest BCUT2D eigenvalue weighted by molar-refractivity contribution is 5.92. The Morgan fingerprint density at radius 2 is 1.48 bits per heavy atom. The van der Waals surface area contributed by atoms with Gasteiger partial charge in [0.2, 0.25) is 5.91 Å². The molecule has 0 radical (unpaired) electrons. The predicted octanol–water partition coefficient (Wildman–Crippen LogP) is 2.74. The molecule has 2 aromatic carbocycles. The van der Waals surface area contributed by atoms with Crippen LogP contribution in [0.3, 0.4) is 0 Å². The van der Waals surface area contributed by atoms with Gasteiger partial charge in [-0.2, -0.15) is 0 Å². The molecule has 0 unspecified atom stereocenters. The highest BCUT2D eigenvalue weighted by Gasteiger charge is 2.02. The number of carbonyl (C=O) groups excluding carboxylic acids is 1. The molecule has 0 aliphatic carbocycles. The minimum absolute atomic E-state index is 0.165. The standard InChI is InChI=1S/C16H16F2N2O/c17-13-3-1-12(2-4-13)9-10-19-11-16(21)20-15-7-5-14(18)6-8-15/h1-8,19H,9-11H2,(H,20,21). The third-order valence-electron chi connectivity index (χ3n) is 2.92. The number of rotatable bonds is 6. The third-order valence-corrected chi connectivity index (χ3v) is 2.92. The molecule has 5 heteroatoms. The fraction of sp³-hybridized carbons (Fsp3) is 0.188. The van der Waals surface area contributed by atoms with Crippen LogP contribution in [0.15, 0.2) is 48.5 Å². The molecule has 0 saturated heterocycles. The van der Waals surface area contributed by atoms with Gasteiger partial charge in [0, 0.05) is 5.69 Å². The van der Waals surface area contributed by atoms with Gasteiger partial charge in [0.1, 0.15) is 11.6 Å². The van der Waals surface area contributed by atoms with E-state index >= 15 is 0 Å². The topological polar surface area (TPSA) is 41.1 Å². The molecule has 0 aliphatic rings. The second-order valence-corrected chi connectivity index (χ2v) is 4.61. The molecule has 0 aliphatic heterocycles. The molecule has 110 valence electrons. The van der Waals surface area contributed by atoms with Crippen LogP contribution < -0.4 is 10.6 Å². The molecule has 3 nitrogen and oxygen atoms in total. The first-order valence-corrected chi connectivity index (χ1v) is 6.64. The first kappa shape index (κ1) is 15.1. The number of hydrogen-bond donors (Lipinski definition) is 2. The van der Waals surface area contributed by atoms with Gasteiger partial charge in [0.25, 0.3) is 0 Å². The van der Waals surface area contributed by atoms with E-state index in [9.17, 15) is 13.6 Å². The maximum absolute atomic E-state index is 12.7. The van der Waals surface area contributed by atoms with Crippen molar-refractivity contribution in [3.63, 3.8) is 0 Å². The Kier molecular flexibility index (Phi) is 5.40. The summed E-state index contributed by atoms with van der Waals surface area (Å²) in [7, 11) is 0. The third kappa shape index (κ3) is 5.31. The molecule has 0 bridgehead atoms. The van der Waals surface area contributed by atoms with E-state index in [4.69, 9.17) is 0 Å². The second-order valence-electron chi connectivity index (χ2n) is 4.61. The maximum atomic E-state index is 12.7. The molecule has 2 rings (SSSR count). The summed E-state index contributed by atoms with van der Waals surface area (Å²) < 4.78 is 25.4. The summed E-state index contributed by atoms with van der Waals surface area (Å²) in [6, 6.07) is 11.9. The van der Waals surface area contributed by atoms with Gasteiger partial charge in [-0.15, -0.1) is 0 Å². The van der Waals surface area contributed by atoms with Crippen molar-refractivity contribution >= 4 is 11.6 Å². The molecule has 0 heterocycles. The average molecular weight is 290 g/mol. The summed E-state index contributed by atoms with van der Waals surface area (Å²) in [5, 5.41) is 5.66. The average Bonchev–Trinajstić information content (AvgIpc) is 2.48. The molecule has 1 amide bonds. The second kappa shape index (κ2) is 7.50.